The van der Waals surface area contributed by atoms with E-state index in [0.29, 0.717) is 17.3 Å². The first-order valence-electron chi connectivity index (χ1n) is 23.1. The van der Waals surface area contributed by atoms with Gasteiger partial charge in [0.2, 0.25) is 0 Å². The number of ketones is 3. The lowest BCUT2D eigenvalue weighted by molar-refractivity contribution is -0.141. The number of hydrogen-bond acceptors (Lipinski definition) is 6. The van der Waals surface area contributed by atoms with Crippen LogP contribution in [0.5, 0.6) is 0 Å². The van der Waals surface area contributed by atoms with E-state index in [4.69, 9.17) is 0 Å². The van der Waals surface area contributed by atoms with Crippen LogP contribution >= 0.6 is 0 Å². The largest absolute Gasteiger partial charge is 0.300 e. The molecular weight excluding hydrogens is 691 g/mol. The van der Waals surface area contributed by atoms with Crippen molar-refractivity contribution in [2.75, 3.05) is 6.54 Å². The standard InChI is InChI=1S/C50H97N3O3/c1-42(2,3)39(54)48(19,51-45(10,11)12)33-28-24-22-20-21-23-25-29-34-49(52-46(13,14)15,40(55)43(4,5)6)35-30-26-27-31-36-50(41(56)44(7,8)9)37-32-38-53(50)47(16,17)18/h51-52H,20-38H2,1-19H3/t48-,49?,50-/m0/s1. The van der Waals surface area contributed by atoms with Gasteiger partial charge < -0.3 is 10.6 Å². The number of likely N-dealkylation sites (tertiary alicyclic amines) is 1. The molecule has 1 heterocycles. The zero-order valence-corrected chi connectivity index (χ0v) is 41.1. The molecule has 0 radical (unpaired) electrons. The maximum absolute atomic E-state index is 14.4. The molecule has 0 spiro atoms. The van der Waals surface area contributed by atoms with Crippen molar-refractivity contribution in [3.63, 3.8) is 0 Å². The van der Waals surface area contributed by atoms with E-state index in [1.165, 1.54) is 25.7 Å². The van der Waals surface area contributed by atoms with Crippen LogP contribution in [-0.2, 0) is 14.4 Å². The number of carbonyl (C=O) groups is 3. The van der Waals surface area contributed by atoms with Gasteiger partial charge in [-0.3, -0.25) is 19.3 Å². The van der Waals surface area contributed by atoms with Gasteiger partial charge in [-0.05, 0) is 114 Å². The van der Waals surface area contributed by atoms with Gasteiger partial charge in [-0.2, -0.15) is 0 Å². The summed E-state index contributed by atoms with van der Waals surface area (Å²) in [6.45, 7) is 41.6. The van der Waals surface area contributed by atoms with Crippen LogP contribution in [0.4, 0.5) is 0 Å². The summed E-state index contributed by atoms with van der Waals surface area (Å²) in [5.74, 6) is 1.05. The molecule has 0 saturated carbocycles. The van der Waals surface area contributed by atoms with E-state index in [0.717, 1.165) is 96.4 Å². The molecule has 0 aromatic rings. The van der Waals surface area contributed by atoms with Crippen LogP contribution in [0.25, 0.3) is 0 Å². The highest BCUT2D eigenvalue weighted by Gasteiger charge is 2.53. The molecule has 0 bridgehead atoms. The molecular formula is C50H97N3O3. The van der Waals surface area contributed by atoms with E-state index in [2.05, 4.69) is 126 Å². The Morgan fingerprint density at radius 2 is 0.875 bits per heavy atom. The normalized spacial score (nSPS) is 20.2. The second-order valence-electron chi connectivity index (χ2n) is 24.6. The van der Waals surface area contributed by atoms with E-state index in [-0.39, 0.29) is 33.0 Å². The second kappa shape index (κ2) is 20.4. The Bertz CT molecular complexity index is 1230. The fraction of sp³-hybridized carbons (Fsp3) is 0.940. The smallest absolute Gasteiger partial charge is 0.158 e. The zero-order valence-electron chi connectivity index (χ0n) is 41.1. The molecule has 1 aliphatic rings. The SMILES string of the molecule is CC(C)(C)NC(CCCCCCCCCC[C@](C)(NC(C)(C)C)C(=O)C(C)(C)C)(CCCCCC[C@@]1(C(=O)C(C)(C)C)CCCN1C(C)(C)C)C(=O)C(C)(C)C. The molecule has 0 aromatic heterocycles. The Hall–Kier alpha value is -1.11. The maximum Gasteiger partial charge on any atom is 0.158 e. The van der Waals surface area contributed by atoms with Gasteiger partial charge in [0.15, 0.2) is 17.3 Å². The molecule has 2 N–H and O–H groups in total. The maximum atomic E-state index is 14.4. The summed E-state index contributed by atoms with van der Waals surface area (Å²) < 4.78 is 0. The van der Waals surface area contributed by atoms with Crippen molar-refractivity contribution in [1.82, 2.24) is 15.5 Å². The van der Waals surface area contributed by atoms with Crippen LogP contribution in [-0.4, -0.2) is 62.0 Å². The van der Waals surface area contributed by atoms with Gasteiger partial charge in [-0.15, -0.1) is 0 Å². The third-order valence-corrected chi connectivity index (χ3v) is 11.9. The van der Waals surface area contributed by atoms with Crippen molar-refractivity contribution in [3.05, 3.63) is 0 Å². The second-order valence-corrected chi connectivity index (χ2v) is 24.6. The Balaban J connectivity index is 2.83. The van der Waals surface area contributed by atoms with Gasteiger partial charge in [-0.25, -0.2) is 0 Å². The minimum atomic E-state index is -0.535. The highest BCUT2D eigenvalue weighted by atomic mass is 16.1. The molecule has 0 aromatic carbocycles. The summed E-state index contributed by atoms with van der Waals surface area (Å²) in [5, 5.41) is 7.57. The summed E-state index contributed by atoms with van der Waals surface area (Å²) in [4.78, 5) is 44.4. The molecule has 1 aliphatic heterocycles. The zero-order chi connectivity index (χ0) is 43.7. The van der Waals surface area contributed by atoms with Crippen molar-refractivity contribution in [2.45, 2.75) is 280 Å². The Kier molecular flexibility index (Phi) is 19.3. The number of nitrogens with zero attached hydrogens (tertiary/aromatic N) is 1. The molecule has 1 fully saturated rings. The molecule has 3 atom stereocenters. The predicted molar refractivity (Wildman–Crippen MR) is 243 cm³/mol. The first-order chi connectivity index (χ1) is 25.1. The van der Waals surface area contributed by atoms with Crippen LogP contribution in [0.3, 0.4) is 0 Å². The summed E-state index contributed by atoms with van der Waals surface area (Å²) in [5.41, 5.74) is -2.89. The van der Waals surface area contributed by atoms with Gasteiger partial charge in [0, 0.05) is 32.9 Å². The van der Waals surface area contributed by atoms with Crippen molar-refractivity contribution in [3.8, 4) is 0 Å². The number of unbranched alkanes of at least 4 members (excludes halogenated alkanes) is 10. The van der Waals surface area contributed by atoms with Crippen LogP contribution in [0, 0.1) is 16.2 Å². The molecule has 1 unspecified atom stereocenters. The number of rotatable bonds is 23. The number of Topliss-reactive ketones (excluding diaryl/α,β-unsaturated/α-hetero) is 3. The lowest BCUT2D eigenvalue weighted by atomic mass is 9.71. The van der Waals surface area contributed by atoms with Crippen molar-refractivity contribution in [1.29, 1.82) is 0 Å². The van der Waals surface area contributed by atoms with Crippen LogP contribution in [0.1, 0.15) is 247 Å². The lowest BCUT2D eigenvalue weighted by Crippen LogP contribution is -2.61. The summed E-state index contributed by atoms with van der Waals surface area (Å²) in [7, 11) is 0. The van der Waals surface area contributed by atoms with E-state index in [9.17, 15) is 14.4 Å². The summed E-state index contributed by atoms with van der Waals surface area (Å²) in [6.07, 6.45) is 19.1. The molecule has 6 nitrogen and oxygen atoms in total. The van der Waals surface area contributed by atoms with Gasteiger partial charge in [-0.1, -0.05) is 139 Å². The first-order valence-corrected chi connectivity index (χ1v) is 23.1. The van der Waals surface area contributed by atoms with Crippen molar-refractivity contribution >= 4 is 17.3 Å². The molecule has 0 aliphatic carbocycles. The quantitative estimate of drug-likeness (QED) is 0.100. The first kappa shape index (κ1) is 52.9. The lowest BCUT2D eigenvalue weighted by Gasteiger charge is -2.48. The third kappa shape index (κ3) is 16.9. The van der Waals surface area contributed by atoms with Crippen molar-refractivity contribution in [2.24, 2.45) is 16.2 Å². The fourth-order valence-electron chi connectivity index (χ4n) is 10.2. The highest BCUT2D eigenvalue weighted by Crippen LogP contribution is 2.44. The molecule has 1 saturated heterocycles. The van der Waals surface area contributed by atoms with Gasteiger partial charge in [0.1, 0.15) is 0 Å². The summed E-state index contributed by atoms with van der Waals surface area (Å²) >= 11 is 0. The third-order valence-electron chi connectivity index (χ3n) is 11.9. The molecule has 6 heteroatoms. The van der Waals surface area contributed by atoms with E-state index in [1.807, 2.05) is 20.8 Å². The van der Waals surface area contributed by atoms with Gasteiger partial charge in [0.05, 0.1) is 16.6 Å². The predicted octanol–water partition coefficient (Wildman–Crippen LogP) is 13.0. The van der Waals surface area contributed by atoms with Crippen LogP contribution < -0.4 is 10.6 Å². The number of carbonyl (C=O) groups excluding carboxylic acids is 3. The van der Waals surface area contributed by atoms with Crippen LogP contribution in [0.2, 0.25) is 0 Å². The fourth-order valence-corrected chi connectivity index (χ4v) is 10.2. The average Bonchev–Trinajstić information content (AvgIpc) is 3.45. The Morgan fingerprint density at radius 3 is 1.25 bits per heavy atom. The molecule has 0 amide bonds. The average molecular weight is 788 g/mol. The van der Waals surface area contributed by atoms with Gasteiger partial charge >= 0.3 is 0 Å². The van der Waals surface area contributed by atoms with Crippen molar-refractivity contribution < 1.29 is 14.4 Å². The highest BCUT2D eigenvalue weighted by molar-refractivity contribution is 5.94. The number of hydrogen-bond donors (Lipinski definition) is 2. The number of nitrogens with one attached hydrogen (secondary N) is 2. The van der Waals surface area contributed by atoms with E-state index < -0.39 is 16.5 Å². The van der Waals surface area contributed by atoms with Crippen LogP contribution in [0.15, 0.2) is 0 Å². The van der Waals surface area contributed by atoms with E-state index in [1.54, 1.807) is 0 Å². The molecule has 1 rings (SSSR count). The Labute approximate surface area is 349 Å². The monoisotopic (exact) mass is 788 g/mol. The molecule has 56 heavy (non-hydrogen) atoms. The summed E-state index contributed by atoms with van der Waals surface area (Å²) in [6, 6.07) is 0. The Morgan fingerprint density at radius 1 is 0.482 bits per heavy atom. The van der Waals surface area contributed by atoms with Gasteiger partial charge in [0.25, 0.3) is 0 Å². The minimum absolute atomic E-state index is 0.0378. The topological polar surface area (TPSA) is 78.5 Å². The van der Waals surface area contributed by atoms with E-state index >= 15 is 0 Å². The minimum Gasteiger partial charge on any atom is -0.300 e. The molecule has 330 valence electrons.